The number of aryl methyl sites for hydroxylation is 1. The number of carbonyl (C=O) groups is 2. The van der Waals surface area contributed by atoms with Crippen LogP contribution in [0, 0.1) is 6.92 Å². The molecule has 0 spiro atoms. The van der Waals surface area contributed by atoms with Crippen molar-refractivity contribution >= 4 is 17.6 Å². The zero-order chi connectivity index (χ0) is 18.5. The molecule has 1 aliphatic rings. The maximum absolute atomic E-state index is 12.6. The van der Waals surface area contributed by atoms with Gasteiger partial charge in [0.1, 0.15) is 0 Å². The summed E-state index contributed by atoms with van der Waals surface area (Å²) < 4.78 is 5.01. The first-order valence-electron chi connectivity index (χ1n) is 8.96. The van der Waals surface area contributed by atoms with Crippen LogP contribution in [-0.2, 0) is 4.74 Å². The van der Waals surface area contributed by atoms with E-state index in [1.807, 2.05) is 48.2 Å². The quantitative estimate of drug-likeness (QED) is 0.793. The number of benzene rings is 2. The molecule has 5 nitrogen and oxygen atoms in total. The van der Waals surface area contributed by atoms with Crippen molar-refractivity contribution in [3.05, 3.63) is 65.2 Å². The predicted octanol–water partition coefficient (Wildman–Crippen LogP) is 3.13. The fourth-order valence-corrected chi connectivity index (χ4v) is 3.15. The van der Waals surface area contributed by atoms with Crippen molar-refractivity contribution in [3.63, 3.8) is 0 Å². The second-order valence-electron chi connectivity index (χ2n) is 6.42. The molecule has 1 aliphatic heterocycles. The monoisotopic (exact) mass is 352 g/mol. The highest BCUT2D eigenvalue weighted by molar-refractivity contribution is 5.94. The van der Waals surface area contributed by atoms with Crippen molar-refractivity contribution in [1.82, 2.24) is 4.90 Å². The van der Waals surface area contributed by atoms with Crippen molar-refractivity contribution in [1.29, 1.82) is 0 Å². The van der Waals surface area contributed by atoms with Crippen molar-refractivity contribution in [2.45, 2.75) is 13.8 Å². The summed E-state index contributed by atoms with van der Waals surface area (Å²) in [6.07, 6.45) is 0. The molecular weight excluding hydrogens is 328 g/mol. The molecule has 0 radical (unpaired) electrons. The van der Waals surface area contributed by atoms with Crippen LogP contribution in [-0.4, -0.2) is 49.6 Å². The van der Waals surface area contributed by atoms with Crippen molar-refractivity contribution in [2.75, 3.05) is 37.7 Å². The molecule has 1 heterocycles. The lowest BCUT2D eigenvalue weighted by Gasteiger charge is -2.36. The molecule has 0 aromatic heterocycles. The molecule has 1 amide bonds. The molecule has 26 heavy (non-hydrogen) atoms. The van der Waals surface area contributed by atoms with Gasteiger partial charge in [-0.3, -0.25) is 4.79 Å². The Morgan fingerprint density at radius 3 is 2.27 bits per heavy atom. The van der Waals surface area contributed by atoms with E-state index in [4.69, 9.17) is 4.74 Å². The summed E-state index contributed by atoms with van der Waals surface area (Å²) >= 11 is 0. The highest BCUT2D eigenvalue weighted by Crippen LogP contribution is 2.19. The van der Waals surface area contributed by atoms with E-state index in [0.29, 0.717) is 25.3 Å². The summed E-state index contributed by atoms with van der Waals surface area (Å²) in [6.45, 7) is 7.08. The van der Waals surface area contributed by atoms with E-state index >= 15 is 0 Å². The average molecular weight is 352 g/mol. The molecule has 0 N–H and O–H groups in total. The third-order valence-corrected chi connectivity index (χ3v) is 4.58. The lowest BCUT2D eigenvalue weighted by molar-refractivity contribution is 0.0526. The Hall–Kier alpha value is -2.82. The van der Waals surface area contributed by atoms with E-state index in [2.05, 4.69) is 4.90 Å². The number of hydrogen-bond donors (Lipinski definition) is 0. The van der Waals surface area contributed by atoms with Gasteiger partial charge in [0.15, 0.2) is 0 Å². The summed E-state index contributed by atoms with van der Waals surface area (Å²) in [6, 6.07) is 15.2. The molecule has 0 atom stereocenters. The van der Waals surface area contributed by atoms with Gasteiger partial charge < -0.3 is 14.5 Å². The van der Waals surface area contributed by atoms with Crippen LogP contribution >= 0.6 is 0 Å². The van der Waals surface area contributed by atoms with Gasteiger partial charge in [-0.1, -0.05) is 17.7 Å². The topological polar surface area (TPSA) is 49.9 Å². The van der Waals surface area contributed by atoms with Crippen LogP contribution in [0.1, 0.15) is 33.2 Å². The zero-order valence-corrected chi connectivity index (χ0v) is 15.3. The molecule has 1 saturated heterocycles. The maximum Gasteiger partial charge on any atom is 0.338 e. The van der Waals surface area contributed by atoms with Gasteiger partial charge in [-0.2, -0.15) is 0 Å². The van der Waals surface area contributed by atoms with Gasteiger partial charge in [0.2, 0.25) is 0 Å². The number of hydrogen-bond acceptors (Lipinski definition) is 4. The predicted molar refractivity (Wildman–Crippen MR) is 102 cm³/mol. The molecule has 5 heteroatoms. The largest absolute Gasteiger partial charge is 0.462 e. The molecule has 0 saturated carbocycles. The smallest absolute Gasteiger partial charge is 0.338 e. The molecule has 136 valence electrons. The van der Waals surface area contributed by atoms with Crippen LogP contribution in [0.4, 0.5) is 5.69 Å². The van der Waals surface area contributed by atoms with Crippen LogP contribution in [0.15, 0.2) is 48.5 Å². The number of esters is 1. The van der Waals surface area contributed by atoms with Crippen LogP contribution in [0.5, 0.6) is 0 Å². The molecule has 0 aliphatic carbocycles. The first-order chi connectivity index (χ1) is 12.6. The maximum atomic E-state index is 12.6. The van der Waals surface area contributed by atoms with Crippen LogP contribution in [0.25, 0.3) is 0 Å². The fraction of sp³-hybridized carbons (Fsp3) is 0.333. The van der Waals surface area contributed by atoms with Gasteiger partial charge in [-0.05, 0) is 50.2 Å². The van der Waals surface area contributed by atoms with Crippen LogP contribution in [0.2, 0.25) is 0 Å². The number of ether oxygens (including phenoxy) is 1. The average Bonchev–Trinajstić information content (AvgIpc) is 2.68. The van der Waals surface area contributed by atoms with Gasteiger partial charge in [0, 0.05) is 37.4 Å². The van der Waals surface area contributed by atoms with E-state index in [-0.39, 0.29) is 11.9 Å². The number of anilines is 1. The third kappa shape index (κ3) is 4.04. The van der Waals surface area contributed by atoms with Gasteiger partial charge in [-0.15, -0.1) is 0 Å². The lowest BCUT2D eigenvalue weighted by Crippen LogP contribution is -2.48. The minimum atomic E-state index is -0.298. The van der Waals surface area contributed by atoms with Gasteiger partial charge in [0.25, 0.3) is 5.91 Å². The first kappa shape index (κ1) is 18.0. The Morgan fingerprint density at radius 2 is 1.65 bits per heavy atom. The Kier molecular flexibility index (Phi) is 5.56. The van der Waals surface area contributed by atoms with Gasteiger partial charge >= 0.3 is 5.97 Å². The highest BCUT2D eigenvalue weighted by Gasteiger charge is 2.22. The Balaban J connectivity index is 1.60. The van der Waals surface area contributed by atoms with E-state index in [1.54, 1.807) is 19.1 Å². The normalized spacial score (nSPS) is 14.2. The molecule has 0 bridgehead atoms. The summed E-state index contributed by atoms with van der Waals surface area (Å²) in [5.41, 5.74) is 3.46. The zero-order valence-electron chi connectivity index (χ0n) is 15.3. The second kappa shape index (κ2) is 8.04. The van der Waals surface area contributed by atoms with E-state index in [0.717, 1.165) is 29.9 Å². The molecule has 2 aromatic carbocycles. The minimum absolute atomic E-state index is 0.0889. The van der Waals surface area contributed by atoms with Gasteiger partial charge in [0.05, 0.1) is 12.2 Å². The molecule has 0 unspecified atom stereocenters. The number of nitrogens with zero attached hydrogens (tertiary/aromatic N) is 2. The van der Waals surface area contributed by atoms with Crippen LogP contribution < -0.4 is 4.90 Å². The first-order valence-corrected chi connectivity index (χ1v) is 8.96. The van der Waals surface area contributed by atoms with E-state index in [9.17, 15) is 9.59 Å². The Morgan fingerprint density at radius 1 is 0.962 bits per heavy atom. The lowest BCUT2D eigenvalue weighted by atomic mass is 10.1. The molecular formula is C21H24N2O3. The molecule has 2 aromatic rings. The minimum Gasteiger partial charge on any atom is -0.462 e. The van der Waals surface area contributed by atoms with Crippen molar-refractivity contribution in [2.24, 2.45) is 0 Å². The molecule has 1 fully saturated rings. The van der Waals surface area contributed by atoms with Crippen LogP contribution in [0.3, 0.4) is 0 Å². The summed E-state index contributed by atoms with van der Waals surface area (Å²) in [5.74, 6) is -0.210. The molecule has 3 rings (SSSR count). The number of rotatable bonds is 4. The number of piperazine rings is 1. The van der Waals surface area contributed by atoms with Crippen molar-refractivity contribution < 1.29 is 14.3 Å². The number of carbonyl (C=O) groups excluding carboxylic acids is 2. The van der Waals surface area contributed by atoms with Gasteiger partial charge in [-0.25, -0.2) is 4.79 Å². The summed E-state index contributed by atoms with van der Waals surface area (Å²) in [4.78, 5) is 28.5. The van der Waals surface area contributed by atoms with E-state index < -0.39 is 0 Å². The highest BCUT2D eigenvalue weighted by atomic mass is 16.5. The second-order valence-corrected chi connectivity index (χ2v) is 6.42. The SMILES string of the molecule is CCOC(=O)c1ccc(N2CCN(C(=O)c3cccc(C)c3)CC2)cc1. The fourth-order valence-electron chi connectivity index (χ4n) is 3.15. The number of amides is 1. The van der Waals surface area contributed by atoms with Crippen molar-refractivity contribution in [3.8, 4) is 0 Å². The summed E-state index contributed by atoms with van der Waals surface area (Å²) in [5, 5.41) is 0. The van der Waals surface area contributed by atoms with E-state index in [1.165, 1.54) is 0 Å². The summed E-state index contributed by atoms with van der Waals surface area (Å²) in [7, 11) is 0. The Labute approximate surface area is 154 Å². The standard InChI is InChI=1S/C21H24N2O3/c1-3-26-21(25)17-7-9-19(10-8-17)22-11-13-23(14-12-22)20(24)18-6-4-5-16(2)15-18/h4-10,15H,3,11-14H2,1-2H3. The third-order valence-electron chi connectivity index (χ3n) is 4.58. The Bertz CT molecular complexity index is 778.